The van der Waals surface area contributed by atoms with Crippen molar-refractivity contribution in [3.05, 3.63) is 65.2 Å². The monoisotopic (exact) mass is 448 g/mol. The summed E-state index contributed by atoms with van der Waals surface area (Å²) in [5.74, 6) is -4.30. The number of ether oxygens (including phenoxy) is 1. The Morgan fingerprint density at radius 3 is 2.12 bits per heavy atom. The molecule has 0 unspecified atom stereocenters. The minimum absolute atomic E-state index is 0.0647. The Hall–Kier alpha value is -2.30. The molecule has 3 rings (SSSR count). The molecule has 1 aliphatic carbocycles. The molecule has 1 fully saturated rings. The standard InChI is InChI=1S/C27H32F4O/c1-3-5-6-7-17-32-23-16-15-22(26(30)27(23)31)21-14-13-20(24(28)25(21)29)19-11-9-18(8-4-2)10-12-19/h4,8,13-16,18-19H,3,5-7,9-12,17H2,1-2H3/b8-4+. The molecule has 1 saturated carbocycles. The molecule has 0 radical (unpaired) electrons. The van der Waals surface area contributed by atoms with Crippen molar-refractivity contribution in [2.45, 2.75) is 71.1 Å². The van der Waals surface area contributed by atoms with E-state index < -0.39 is 23.3 Å². The fourth-order valence-electron chi connectivity index (χ4n) is 4.54. The molecule has 174 valence electrons. The fraction of sp³-hybridized carbons (Fsp3) is 0.481. The molecule has 5 heteroatoms. The van der Waals surface area contributed by atoms with Crippen molar-refractivity contribution < 1.29 is 22.3 Å². The maximum atomic E-state index is 14.9. The van der Waals surface area contributed by atoms with Crippen LogP contribution in [-0.4, -0.2) is 6.61 Å². The van der Waals surface area contributed by atoms with Gasteiger partial charge >= 0.3 is 0 Å². The number of halogens is 4. The van der Waals surface area contributed by atoms with Crippen LogP contribution in [0.1, 0.15) is 76.7 Å². The molecule has 0 atom stereocenters. The number of rotatable bonds is 9. The van der Waals surface area contributed by atoms with Crippen LogP contribution in [0.15, 0.2) is 36.4 Å². The molecule has 1 aliphatic rings. The van der Waals surface area contributed by atoms with Crippen LogP contribution >= 0.6 is 0 Å². The van der Waals surface area contributed by atoms with E-state index in [4.69, 9.17) is 4.74 Å². The lowest BCUT2D eigenvalue weighted by molar-refractivity contribution is 0.285. The Kier molecular flexibility index (Phi) is 8.77. The highest BCUT2D eigenvalue weighted by Crippen LogP contribution is 2.40. The molecule has 0 aromatic heterocycles. The van der Waals surface area contributed by atoms with Crippen molar-refractivity contribution in [3.8, 4) is 16.9 Å². The molecule has 0 N–H and O–H groups in total. The van der Waals surface area contributed by atoms with E-state index >= 15 is 0 Å². The van der Waals surface area contributed by atoms with Gasteiger partial charge in [-0.3, -0.25) is 0 Å². The molecule has 1 nitrogen and oxygen atoms in total. The van der Waals surface area contributed by atoms with Gasteiger partial charge in [0.25, 0.3) is 0 Å². The SMILES string of the molecule is C/C=C/C1CCC(c2ccc(-c3ccc(OCCCCCC)c(F)c3F)c(F)c2F)CC1. The first-order valence-electron chi connectivity index (χ1n) is 11.7. The highest BCUT2D eigenvalue weighted by atomic mass is 19.2. The van der Waals surface area contributed by atoms with E-state index in [1.165, 1.54) is 24.3 Å². The first-order valence-corrected chi connectivity index (χ1v) is 11.7. The summed E-state index contributed by atoms with van der Waals surface area (Å²) in [5, 5.41) is 0. The fourth-order valence-corrected chi connectivity index (χ4v) is 4.54. The number of hydrogen-bond acceptors (Lipinski definition) is 1. The lowest BCUT2D eigenvalue weighted by Gasteiger charge is -2.27. The Morgan fingerprint density at radius 2 is 1.47 bits per heavy atom. The van der Waals surface area contributed by atoms with Gasteiger partial charge in [-0.05, 0) is 68.6 Å². The van der Waals surface area contributed by atoms with E-state index in [-0.39, 0.29) is 29.4 Å². The summed E-state index contributed by atoms with van der Waals surface area (Å²) in [4.78, 5) is 0. The second-order valence-electron chi connectivity index (χ2n) is 8.62. The van der Waals surface area contributed by atoms with Gasteiger partial charge in [0, 0.05) is 11.1 Å². The smallest absolute Gasteiger partial charge is 0.201 e. The third-order valence-corrected chi connectivity index (χ3v) is 6.38. The minimum Gasteiger partial charge on any atom is -0.490 e. The molecule has 2 aromatic carbocycles. The number of benzene rings is 2. The Labute approximate surface area is 188 Å². The normalized spacial score (nSPS) is 18.9. The topological polar surface area (TPSA) is 9.23 Å². The molecular formula is C27H32F4O. The van der Waals surface area contributed by atoms with E-state index in [1.54, 1.807) is 0 Å². The van der Waals surface area contributed by atoms with Gasteiger partial charge < -0.3 is 4.74 Å². The third kappa shape index (κ3) is 5.54. The first kappa shape index (κ1) is 24.3. The first-order chi connectivity index (χ1) is 15.5. The molecule has 0 bridgehead atoms. The van der Waals surface area contributed by atoms with Gasteiger partial charge in [-0.2, -0.15) is 4.39 Å². The second kappa shape index (κ2) is 11.5. The van der Waals surface area contributed by atoms with Crippen molar-refractivity contribution in [1.29, 1.82) is 0 Å². The van der Waals surface area contributed by atoms with Crippen LogP contribution in [0.4, 0.5) is 17.6 Å². The molecule has 2 aromatic rings. The second-order valence-corrected chi connectivity index (χ2v) is 8.62. The Morgan fingerprint density at radius 1 is 0.812 bits per heavy atom. The highest BCUT2D eigenvalue weighted by molar-refractivity contribution is 5.66. The predicted molar refractivity (Wildman–Crippen MR) is 121 cm³/mol. The molecule has 0 amide bonds. The predicted octanol–water partition coefficient (Wildman–Crippen LogP) is 8.72. The summed E-state index contributed by atoms with van der Waals surface area (Å²) < 4.78 is 64.4. The molecule has 0 aliphatic heterocycles. The summed E-state index contributed by atoms with van der Waals surface area (Å²) >= 11 is 0. The Bertz CT molecular complexity index is 930. The van der Waals surface area contributed by atoms with Crippen molar-refractivity contribution in [1.82, 2.24) is 0 Å². The largest absolute Gasteiger partial charge is 0.490 e. The summed E-state index contributed by atoms with van der Waals surface area (Å²) in [7, 11) is 0. The van der Waals surface area contributed by atoms with E-state index in [9.17, 15) is 17.6 Å². The number of hydrogen-bond donors (Lipinski definition) is 0. The third-order valence-electron chi connectivity index (χ3n) is 6.38. The molecular weight excluding hydrogens is 416 g/mol. The summed E-state index contributed by atoms with van der Waals surface area (Å²) in [6.07, 6.45) is 11.4. The van der Waals surface area contributed by atoms with Crippen molar-refractivity contribution in [2.24, 2.45) is 5.92 Å². The van der Waals surface area contributed by atoms with Gasteiger partial charge in [-0.25, -0.2) is 13.2 Å². The van der Waals surface area contributed by atoms with Gasteiger partial charge in [0.1, 0.15) is 0 Å². The molecule has 0 spiro atoms. The zero-order valence-corrected chi connectivity index (χ0v) is 18.9. The van der Waals surface area contributed by atoms with E-state index in [0.717, 1.165) is 51.4 Å². The molecule has 0 heterocycles. The summed E-state index contributed by atoms with van der Waals surface area (Å²) in [6.45, 7) is 4.34. The average Bonchev–Trinajstić information content (AvgIpc) is 2.80. The van der Waals surface area contributed by atoms with Crippen LogP contribution in [0, 0.1) is 29.2 Å². The zero-order valence-electron chi connectivity index (χ0n) is 18.9. The van der Waals surface area contributed by atoms with Gasteiger partial charge in [-0.15, -0.1) is 0 Å². The number of allylic oxidation sites excluding steroid dienone is 2. The Balaban J connectivity index is 1.77. The molecule has 0 saturated heterocycles. The van der Waals surface area contributed by atoms with Crippen molar-refractivity contribution >= 4 is 0 Å². The van der Waals surface area contributed by atoms with Crippen LogP contribution in [0.3, 0.4) is 0 Å². The minimum atomic E-state index is -1.23. The summed E-state index contributed by atoms with van der Waals surface area (Å²) in [6, 6.07) is 5.40. The van der Waals surface area contributed by atoms with Gasteiger partial charge in [0.15, 0.2) is 23.2 Å². The van der Waals surface area contributed by atoms with Crippen molar-refractivity contribution in [3.63, 3.8) is 0 Å². The number of unbranched alkanes of at least 4 members (excludes halogenated alkanes) is 3. The van der Waals surface area contributed by atoms with Gasteiger partial charge in [0.2, 0.25) is 5.82 Å². The van der Waals surface area contributed by atoms with Gasteiger partial charge in [-0.1, -0.05) is 50.5 Å². The van der Waals surface area contributed by atoms with Crippen LogP contribution in [-0.2, 0) is 0 Å². The van der Waals surface area contributed by atoms with E-state index in [1.807, 2.05) is 13.0 Å². The lowest BCUT2D eigenvalue weighted by Crippen LogP contribution is -2.13. The maximum Gasteiger partial charge on any atom is 0.201 e. The summed E-state index contributed by atoms with van der Waals surface area (Å²) in [5.41, 5.74) is -0.265. The maximum absolute atomic E-state index is 14.9. The van der Waals surface area contributed by atoms with Crippen LogP contribution in [0.5, 0.6) is 5.75 Å². The van der Waals surface area contributed by atoms with Crippen LogP contribution < -0.4 is 4.74 Å². The van der Waals surface area contributed by atoms with Crippen LogP contribution in [0.25, 0.3) is 11.1 Å². The van der Waals surface area contributed by atoms with E-state index in [2.05, 4.69) is 13.0 Å². The average molecular weight is 449 g/mol. The zero-order chi connectivity index (χ0) is 23.1. The highest BCUT2D eigenvalue weighted by Gasteiger charge is 2.27. The van der Waals surface area contributed by atoms with E-state index in [0.29, 0.717) is 11.5 Å². The molecule has 32 heavy (non-hydrogen) atoms. The van der Waals surface area contributed by atoms with Crippen molar-refractivity contribution in [2.75, 3.05) is 6.61 Å². The van der Waals surface area contributed by atoms with Gasteiger partial charge in [0.05, 0.1) is 6.61 Å². The lowest BCUT2D eigenvalue weighted by atomic mass is 9.78. The quantitative estimate of drug-likeness (QED) is 0.212. The van der Waals surface area contributed by atoms with Crippen LogP contribution in [0.2, 0.25) is 0 Å².